The van der Waals surface area contributed by atoms with Gasteiger partial charge in [0.2, 0.25) is 10.0 Å². The minimum Gasteiger partial charge on any atom is -0.469 e. The number of ether oxygens (including phenoxy) is 1. The van der Waals surface area contributed by atoms with Crippen molar-refractivity contribution in [1.82, 2.24) is 14.5 Å². The number of nitrogens with one attached hydrogen (secondary N) is 1. The van der Waals surface area contributed by atoms with E-state index in [9.17, 15) is 13.2 Å². The lowest BCUT2D eigenvalue weighted by Gasteiger charge is -2.06. The fourth-order valence-electron chi connectivity index (χ4n) is 1.80. The van der Waals surface area contributed by atoms with Crippen LogP contribution >= 0.6 is 0 Å². The third kappa shape index (κ3) is 5.30. The van der Waals surface area contributed by atoms with Gasteiger partial charge in [-0.2, -0.15) is 5.10 Å². The molecule has 0 aliphatic heterocycles. The van der Waals surface area contributed by atoms with Gasteiger partial charge in [-0.1, -0.05) is 6.92 Å². The van der Waals surface area contributed by atoms with Gasteiger partial charge in [0.05, 0.1) is 18.6 Å². The van der Waals surface area contributed by atoms with Gasteiger partial charge >= 0.3 is 5.97 Å². The Kier molecular flexibility index (Phi) is 6.15. The Hall–Kier alpha value is -1.41. The summed E-state index contributed by atoms with van der Waals surface area (Å²) in [5, 5.41) is 4.25. The Morgan fingerprint density at radius 3 is 2.80 bits per heavy atom. The van der Waals surface area contributed by atoms with Crippen LogP contribution in [0.2, 0.25) is 0 Å². The molecule has 0 unspecified atom stereocenters. The Morgan fingerprint density at radius 1 is 1.50 bits per heavy atom. The molecular weight excluding hydrogens is 282 g/mol. The first-order chi connectivity index (χ1) is 9.38. The molecule has 0 atom stereocenters. The van der Waals surface area contributed by atoms with Crippen LogP contribution in [0.5, 0.6) is 0 Å². The highest BCUT2D eigenvalue weighted by Gasteiger charge is 2.13. The smallest absolute Gasteiger partial charge is 0.305 e. The van der Waals surface area contributed by atoms with Gasteiger partial charge in [-0.25, -0.2) is 13.1 Å². The second-order valence-corrected chi connectivity index (χ2v) is 6.37. The van der Waals surface area contributed by atoms with Crippen LogP contribution in [0.1, 0.15) is 31.0 Å². The molecule has 20 heavy (non-hydrogen) atoms. The molecule has 0 spiro atoms. The van der Waals surface area contributed by atoms with Gasteiger partial charge in [0.1, 0.15) is 0 Å². The van der Waals surface area contributed by atoms with Crippen LogP contribution in [0.25, 0.3) is 0 Å². The molecule has 0 fully saturated rings. The molecule has 1 aromatic rings. The number of carbonyl (C=O) groups is 1. The van der Waals surface area contributed by atoms with Crippen molar-refractivity contribution in [2.75, 3.05) is 12.9 Å². The van der Waals surface area contributed by atoms with Crippen molar-refractivity contribution in [3.8, 4) is 0 Å². The summed E-state index contributed by atoms with van der Waals surface area (Å²) in [4.78, 5) is 10.9. The highest BCUT2D eigenvalue weighted by Crippen LogP contribution is 2.07. The van der Waals surface area contributed by atoms with Gasteiger partial charge in [-0.15, -0.1) is 0 Å². The van der Waals surface area contributed by atoms with E-state index < -0.39 is 16.0 Å². The van der Waals surface area contributed by atoms with Gasteiger partial charge in [0.15, 0.2) is 0 Å². The number of esters is 1. The van der Waals surface area contributed by atoms with E-state index in [0.29, 0.717) is 0 Å². The molecule has 0 saturated carbocycles. The molecule has 0 aliphatic carbocycles. The minimum atomic E-state index is -3.39. The molecular formula is C12H21N3O4S. The predicted octanol–water partition coefficient (Wildman–Crippen LogP) is 0.355. The molecule has 8 heteroatoms. The molecule has 0 radical (unpaired) electrons. The monoisotopic (exact) mass is 303 g/mol. The van der Waals surface area contributed by atoms with E-state index in [-0.39, 0.29) is 25.1 Å². The summed E-state index contributed by atoms with van der Waals surface area (Å²) in [7, 11) is -0.314. The first-order valence-corrected chi connectivity index (χ1v) is 8.08. The van der Waals surface area contributed by atoms with Gasteiger partial charge in [-0.3, -0.25) is 9.48 Å². The van der Waals surface area contributed by atoms with Gasteiger partial charge in [-0.05, 0) is 12.8 Å². The summed E-state index contributed by atoms with van der Waals surface area (Å²) in [6, 6.07) is 0. The largest absolute Gasteiger partial charge is 0.469 e. The van der Waals surface area contributed by atoms with Crippen molar-refractivity contribution in [2.45, 2.75) is 32.7 Å². The van der Waals surface area contributed by atoms with Crippen LogP contribution in [0.4, 0.5) is 0 Å². The molecule has 1 rings (SSSR count). The van der Waals surface area contributed by atoms with Crippen molar-refractivity contribution in [3.05, 3.63) is 17.5 Å². The van der Waals surface area contributed by atoms with Crippen LogP contribution < -0.4 is 4.72 Å². The average molecular weight is 303 g/mol. The summed E-state index contributed by atoms with van der Waals surface area (Å²) < 4.78 is 32.2. The lowest BCUT2D eigenvalue weighted by atomic mass is 10.2. The molecule has 1 aromatic heterocycles. The van der Waals surface area contributed by atoms with Crippen LogP contribution in [-0.4, -0.2) is 37.0 Å². The molecule has 0 aromatic carbocycles. The molecule has 1 N–H and O–H groups in total. The lowest BCUT2D eigenvalue weighted by molar-refractivity contribution is -0.140. The normalized spacial score (nSPS) is 11.6. The highest BCUT2D eigenvalue weighted by molar-refractivity contribution is 7.89. The van der Waals surface area contributed by atoms with Crippen molar-refractivity contribution in [1.29, 1.82) is 0 Å². The quantitative estimate of drug-likeness (QED) is 0.700. The zero-order chi connectivity index (χ0) is 15.2. The van der Waals surface area contributed by atoms with E-state index in [0.717, 1.165) is 17.7 Å². The number of hydrogen-bond donors (Lipinski definition) is 1. The van der Waals surface area contributed by atoms with Crippen molar-refractivity contribution >= 4 is 16.0 Å². The van der Waals surface area contributed by atoms with E-state index in [1.165, 1.54) is 7.11 Å². The number of nitrogens with zero attached hydrogens (tertiary/aromatic N) is 2. The molecule has 0 aliphatic rings. The molecule has 0 amide bonds. The molecule has 7 nitrogen and oxygen atoms in total. The van der Waals surface area contributed by atoms with Crippen molar-refractivity contribution in [2.24, 2.45) is 7.05 Å². The Labute approximate surface area is 119 Å². The van der Waals surface area contributed by atoms with Crippen molar-refractivity contribution in [3.63, 3.8) is 0 Å². The van der Waals surface area contributed by atoms with Crippen LogP contribution in [0.15, 0.2) is 6.20 Å². The average Bonchev–Trinajstić information content (AvgIpc) is 2.76. The zero-order valence-corrected chi connectivity index (χ0v) is 12.9. The van der Waals surface area contributed by atoms with E-state index in [1.54, 1.807) is 17.9 Å². The first kappa shape index (κ1) is 16.6. The van der Waals surface area contributed by atoms with E-state index in [1.807, 2.05) is 6.92 Å². The number of hydrogen-bond acceptors (Lipinski definition) is 5. The van der Waals surface area contributed by atoms with Crippen LogP contribution in [-0.2, 0) is 39.6 Å². The van der Waals surface area contributed by atoms with E-state index >= 15 is 0 Å². The van der Waals surface area contributed by atoms with E-state index in [4.69, 9.17) is 0 Å². The summed E-state index contributed by atoms with van der Waals surface area (Å²) in [6.07, 6.45) is 2.90. The Balaban J connectivity index is 2.48. The maximum atomic E-state index is 11.8. The summed E-state index contributed by atoms with van der Waals surface area (Å²) in [5.74, 6) is -0.496. The molecule has 114 valence electrons. The highest BCUT2D eigenvalue weighted by atomic mass is 32.2. The first-order valence-electron chi connectivity index (χ1n) is 6.43. The van der Waals surface area contributed by atoms with Gasteiger partial charge < -0.3 is 4.74 Å². The lowest BCUT2D eigenvalue weighted by Crippen LogP contribution is -2.26. The Morgan fingerprint density at radius 2 is 2.20 bits per heavy atom. The number of rotatable bonds is 8. The zero-order valence-electron chi connectivity index (χ0n) is 12.0. The number of aryl methyl sites for hydroxylation is 2. The SMILES string of the molecule is CCc1nn(C)cc1CNS(=O)(=O)CCCC(=O)OC. The van der Waals surface area contributed by atoms with E-state index in [2.05, 4.69) is 14.6 Å². The molecule has 0 bridgehead atoms. The van der Waals surface area contributed by atoms with Gasteiger partial charge in [0.25, 0.3) is 0 Å². The summed E-state index contributed by atoms with van der Waals surface area (Å²) in [5.41, 5.74) is 1.75. The third-order valence-corrected chi connectivity index (χ3v) is 4.24. The molecule has 0 saturated heterocycles. The maximum absolute atomic E-state index is 11.8. The topological polar surface area (TPSA) is 90.3 Å². The Bertz CT molecular complexity index is 551. The van der Waals surface area contributed by atoms with Gasteiger partial charge in [0, 0.05) is 31.8 Å². The fraction of sp³-hybridized carbons (Fsp3) is 0.667. The number of methoxy groups -OCH3 is 1. The van der Waals surface area contributed by atoms with Crippen LogP contribution in [0, 0.1) is 0 Å². The van der Waals surface area contributed by atoms with Crippen LogP contribution in [0.3, 0.4) is 0 Å². The fourth-order valence-corrected chi connectivity index (χ4v) is 2.84. The minimum absolute atomic E-state index is 0.0934. The number of aromatic nitrogens is 2. The maximum Gasteiger partial charge on any atom is 0.305 e. The number of sulfonamides is 1. The number of carbonyl (C=O) groups excluding carboxylic acids is 1. The summed E-state index contributed by atoms with van der Waals surface area (Å²) in [6.45, 7) is 2.19. The standard InChI is InChI=1S/C12H21N3O4S/c1-4-11-10(9-15(2)14-11)8-13-20(17,18)7-5-6-12(16)19-3/h9,13H,4-8H2,1-3H3. The second kappa shape index (κ2) is 7.39. The summed E-state index contributed by atoms with van der Waals surface area (Å²) >= 11 is 0. The third-order valence-electron chi connectivity index (χ3n) is 2.83. The molecule has 1 heterocycles. The van der Waals surface area contributed by atoms with Crippen molar-refractivity contribution < 1.29 is 17.9 Å². The predicted molar refractivity (Wildman–Crippen MR) is 74.5 cm³/mol. The second-order valence-electron chi connectivity index (χ2n) is 4.45.